The van der Waals surface area contributed by atoms with Crippen LogP contribution in [-0.4, -0.2) is 24.0 Å². The van der Waals surface area contributed by atoms with Crippen molar-refractivity contribution < 1.29 is 4.79 Å². The minimum absolute atomic E-state index is 0.0683. The van der Waals surface area contributed by atoms with E-state index in [1.807, 2.05) is 6.92 Å². The van der Waals surface area contributed by atoms with Gasteiger partial charge in [-0.15, -0.1) is 0 Å². The lowest BCUT2D eigenvalue weighted by molar-refractivity contribution is -0.123. The van der Waals surface area contributed by atoms with Gasteiger partial charge in [-0.1, -0.05) is 40.0 Å². The lowest BCUT2D eigenvalue weighted by atomic mass is 9.84. The summed E-state index contributed by atoms with van der Waals surface area (Å²) >= 11 is 0. The summed E-state index contributed by atoms with van der Waals surface area (Å²) in [6.07, 6.45) is 8.41. The number of nitrogens with one attached hydrogen (secondary N) is 2. The average molecular weight is 268 g/mol. The summed E-state index contributed by atoms with van der Waals surface area (Å²) in [5.74, 6) is 1.01. The molecule has 1 aliphatic rings. The maximum atomic E-state index is 12.1. The first-order chi connectivity index (χ1) is 9.10. The van der Waals surface area contributed by atoms with Gasteiger partial charge in [0.1, 0.15) is 0 Å². The first-order valence-corrected chi connectivity index (χ1v) is 8.17. The van der Waals surface area contributed by atoms with Crippen LogP contribution in [0.25, 0.3) is 0 Å². The Bertz CT molecular complexity index is 263. The largest absolute Gasteiger partial charge is 0.352 e. The zero-order valence-corrected chi connectivity index (χ0v) is 13.2. The normalized spacial score (nSPS) is 25.3. The van der Waals surface area contributed by atoms with Gasteiger partial charge in [0.2, 0.25) is 5.91 Å². The summed E-state index contributed by atoms with van der Waals surface area (Å²) in [5.41, 5.74) is 0. The Morgan fingerprint density at radius 1 is 1.21 bits per heavy atom. The molecule has 1 amide bonds. The standard InChI is InChI=1S/C16H32N2O/c1-5-13-9-8-10-15(11-13)17-12(4)16(19)18-14(6-2)7-3/h12-15,17H,5-11H2,1-4H3,(H,18,19). The van der Waals surface area contributed by atoms with Crippen LogP contribution in [0.1, 0.15) is 72.6 Å². The highest BCUT2D eigenvalue weighted by Crippen LogP contribution is 2.26. The van der Waals surface area contributed by atoms with Crippen LogP contribution in [0.15, 0.2) is 0 Å². The van der Waals surface area contributed by atoms with Crippen molar-refractivity contribution in [3.8, 4) is 0 Å². The van der Waals surface area contributed by atoms with E-state index in [0.717, 1.165) is 18.8 Å². The second kappa shape index (κ2) is 8.57. The van der Waals surface area contributed by atoms with E-state index in [4.69, 9.17) is 0 Å². The molecule has 0 aliphatic heterocycles. The minimum Gasteiger partial charge on any atom is -0.352 e. The summed E-state index contributed by atoms with van der Waals surface area (Å²) < 4.78 is 0. The third kappa shape index (κ3) is 5.52. The van der Waals surface area contributed by atoms with Crippen LogP contribution in [0, 0.1) is 5.92 Å². The number of hydrogen-bond acceptors (Lipinski definition) is 2. The van der Waals surface area contributed by atoms with Crippen LogP contribution in [0.5, 0.6) is 0 Å². The van der Waals surface area contributed by atoms with Gasteiger partial charge in [-0.2, -0.15) is 0 Å². The molecule has 1 aliphatic carbocycles. The van der Waals surface area contributed by atoms with Crippen molar-refractivity contribution in [1.29, 1.82) is 0 Å². The monoisotopic (exact) mass is 268 g/mol. The molecule has 112 valence electrons. The van der Waals surface area contributed by atoms with Crippen molar-refractivity contribution in [2.45, 2.75) is 90.8 Å². The molecule has 2 N–H and O–H groups in total. The van der Waals surface area contributed by atoms with Crippen LogP contribution in [0.4, 0.5) is 0 Å². The zero-order valence-electron chi connectivity index (χ0n) is 13.2. The van der Waals surface area contributed by atoms with Crippen LogP contribution >= 0.6 is 0 Å². The van der Waals surface area contributed by atoms with Crippen LogP contribution in [0.2, 0.25) is 0 Å². The van der Waals surface area contributed by atoms with Gasteiger partial charge in [0.25, 0.3) is 0 Å². The van der Waals surface area contributed by atoms with E-state index in [9.17, 15) is 4.79 Å². The topological polar surface area (TPSA) is 41.1 Å². The lowest BCUT2D eigenvalue weighted by Crippen LogP contribution is -2.50. The van der Waals surface area contributed by atoms with E-state index < -0.39 is 0 Å². The molecule has 3 heteroatoms. The molecule has 3 unspecified atom stereocenters. The Balaban J connectivity index is 2.36. The molecule has 1 saturated carbocycles. The Morgan fingerprint density at radius 3 is 2.47 bits per heavy atom. The van der Waals surface area contributed by atoms with Crippen molar-refractivity contribution >= 4 is 5.91 Å². The van der Waals surface area contributed by atoms with Crippen molar-refractivity contribution in [2.75, 3.05) is 0 Å². The lowest BCUT2D eigenvalue weighted by Gasteiger charge is -2.31. The highest BCUT2D eigenvalue weighted by atomic mass is 16.2. The molecule has 1 fully saturated rings. The van der Waals surface area contributed by atoms with E-state index in [0.29, 0.717) is 12.1 Å². The van der Waals surface area contributed by atoms with Gasteiger partial charge in [0, 0.05) is 12.1 Å². The zero-order chi connectivity index (χ0) is 14.3. The van der Waals surface area contributed by atoms with Crippen LogP contribution < -0.4 is 10.6 Å². The number of carbonyl (C=O) groups excluding carboxylic acids is 1. The first kappa shape index (κ1) is 16.5. The smallest absolute Gasteiger partial charge is 0.237 e. The van der Waals surface area contributed by atoms with E-state index in [1.54, 1.807) is 0 Å². The minimum atomic E-state index is -0.0683. The highest BCUT2D eigenvalue weighted by molar-refractivity contribution is 5.81. The Morgan fingerprint density at radius 2 is 1.89 bits per heavy atom. The van der Waals surface area contributed by atoms with E-state index in [2.05, 4.69) is 31.4 Å². The molecule has 3 atom stereocenters. The fourth-order valence-corrected chi connectivity index (χ4v) is 3.06. The first-order valence-electron chi connectivity index (χ1n) is 8.17. The third-order valence-electron chi connectivity index (χ3n) is 4.57. The van der Waals surface area contributed by atoms with Crippen LogP contribution in [0.3, 0.4) is 0 Å². The Hall–Kier alpha value is -0.570. The molecule has 0 bridgehead atoms. The molecule has 0 radical (unpaired) electrons. The molecule has 0 heterocycles. The molecule has 3 nitrogen and oxygen atoms in total. The van der Waals surface area contributed by atoms with Gasteiger partial charge < -0.3 is 10.6 Å². The van der Waals surface area contributed by atoms with Crippen molar-refractivity contribution in [3.05, 3.63) is 0 Å². The highest BCUT2D eigenvalue weighted by Gasteiger charge is 2.24. The van der Waals surface area contributed by atoms with Gasteiger partial charge in [0.05, 0.1) is 6.04 Å². The van der Waals surface area contributed by atoms with E-state index >= 15 is 0 Å². The van der Waals surface area contributed by atoms with Gasteiger partial charge in [0.15, 0.2) is 0 Å². The van der Waals surface area contributed by atoms with Gasteiger partial charge >= 0.3 is 0 Å². The molecular weight excluding hydrogens is 236 g/mol. The second-order valence-corrected chi connectivity index (χ2v) is 6.05. The molecular formula is C16H32N2O. The van der Waals surface area contributed by atoms with Gasteiger partial charge in [-0.25, -0.2) is 0 Å². The molecule has 0 aromatic rings. The summed E-state index contributed by atoms with van der Waals surface area (Å²) in [6, 6.07) is 0.786. The molecule has 1 rings (SSSR count). The fourth-order valence-electron chi connectivity index (χ4n) is 3.06. The molecule has 0 aromatic carbocycles. The van der Waals surface area contributed by atoms with Crippen molar-refractivity contribution in [3.63, 3.8) is 0 Å². The predicted molar refractivity (Wildman–Crippen MR) is 81.1 cm³/mol. The number of carbonyl (C=O) groups is 1. The van der Waals surface area contributed by atoms with E-state index in [-0.39, 0.29) is 11.9 Å². The SMILES string of the molecule is CCC1CCCC(NC(C)C(=O)NC(CC)CC)C1. The van der Waals surface area contributed by atoms with E-state index in [1.165, 1.54) is 32.1 Å². The molecule has 19 heavy (non-hydrogen) atoms. The Kier molecular flexibility index (Phi) is 7.44. The Labute approximate surface area is 118 Å². The second-order valence-electron chi connectivity index (χ2n) is 6.05. The molecule has 0 aromatic heterocycles. The third-order valence-corrected chi connectivity index (χ3v) is 4.57. The van der Waals surface area contributed by atoms with Gasteiger partial charge in [-0.3, -0.25) is 4.79 Å². The van der Waals surface area contributed by atoms with Crippen molar-refractivity contribution in [1.82, 2.24) is 10.6 Å². The van der Waals surface area contributed by atoms with Gasteiger partial charge in [-0.05, 0) is 38.5 Å². The average Bonchev–Trinajstić information content (AvgIpc) is 2.44. The fraction of sp³-hybridized carbons (Fsp3) is 0.938. The number of rotatable bonds is 7. The van der Waals surface area contributed by atoms with Crippen LogP contribution in [-0.2, 0) is 4.79 Å². The van der Waals surface area contributed by atoms with Crippen molar-refractivity contribution in [2.24, 2.45) is 5.92 Å². The molecule has 0 saturated heterocycles. The maximum absolute atomic E-state index is 12.1. The summed E-state index contributed by atoms with van der Waals surface area (Å²) in [5, 5.41) is 6.65. The quantitative estimate of drug-likeness (QED) is 0.744. The molecule has 0 spiro atoms. The summed E-state index contributed by atoms with van der Waals surface area (Å²) in [7, 11) is 0. The summed E-state index contributed by atoms with van der Waals surface area (Å²) in [4.78, 5) is 12.1. The number of amides is 1. The predicted octanol–water partition coefficient (Wildman–Crippen LogP) is 3.24. The number of hydrogen-bond donors (Lipinski definition) is 2. The summed E-state index contributed by atoms with van der Waals surface area (Å²) in [6.45, 7) is 8.52. The maximum Gasteiger partial charge on any atom is 0.237 e.